The lowest BCUT2D eigenvalue weighted by Gasteiger charge is -2.15. The van der Waals surface area contributed by atoms with Crippen molar-refractivity contribution in [2.24, 2.45) is 0 Å². The predicted molar refractivity (Wildman–Crippen MR) is 90.0 cm³/mol. The number of nitrogens with two attached hydrogens (primary N) is 1. The summed E-state index contributed by atoms with van der Waals surface area (Å²) in [6.45, 7) is 5.41. The molecule has 4 nitrogen and oxygen atoms in total. The third-order valence-electron chi connectivity index (χ3n) is 3.34. The number of hydrogen-bond donors (Lipinski definition) is 2. The summed E-state index contributed by atoms with van der Waals surface area (Å²) in [5.74, 6) is 0. The van der Waals surface area contributed by atoms with Gasteiger partial charge in [0.25, 0.3) is 10.0 Å². The first-order valence-corrected chi connectivity index (χ1v) is 8.64. The maximum absolute atomic E-state index is 12.6. The minimum atomic E-state index is -3.68. The molecule has 0 saturated heterocycles. The van der Waals surface area contributed by atoms with Gasteiger partial charge < -0.3 is 5.73 Å². The van der Waals surface area contributed by atoms with Gasteiger partial charge in [-0.15, -0.1) is 0 Å². The molecule has 0 aliphatic heterocycles. The van der Waals surface area contributed by atoms with E-state index in [1.54, 1.807) is 38.1 Å². The lowest BCUT2D eigenvalue weighted by atomic mass is 10.1. The van der Waals surface area contributed by atoms with E-state index in [4.69, 9.17) is 5.73 Å². The van der Waals surface area contributed by atoms with Crippen molar-refractivity contribution in [3.63, 3.8) is 0 Å². The maximum atomic E-state index is 12.6. The highest BCUT2D eigenvalue weighted by atomic mass is 79.9. The lowest BCUT2D eigenvalue weighted by Crippen LogP contribution is -2.16. The van der Waals surface area contributed by atoms with Gasteiger partial charge in [0.1, 0.15) is 0 Å². The summed E-state index contributed by atoms with van der Waals surface area (Å²) >= 11 is 3.40. The highest BCUT2D eigenvalue weighted by molar-refractivity contribution is 9.10. The number of rotatable bonds is 3. The molecule has 112 valence electrons. The molecule has 0 amide bonds. The molecule has 0 saturated carbocycles. The maximum Gasteiger partial charge on any atom is 0.262 e. The van der Waals surface area contributed by atoms with Gasteiger partial charge in [-0.3, -0.25) is 4.72 Å². The van der Waals surface area contributed by atoms with E-state index in [9.17, 15) is 8.42 Å². The zero-order valence-corrected chi connectivity index (χ0v) is 14.5. The van der Waals surface area contributed by atoms with Gasteiger partial charge in [-0.2, -0.15) is 0 Å². The van der Waals surface area contributed by atoms with E-state index in [0.29, 0.717) is 22.5 Å². The fourth-order valence-electron chi connectivity index (χ4n) is 2.12. The molecular formula is C15H17BrN2O2S. The Morgan fingerprint density at radius 2 is 1.67 bits per heavy atom. The van der Waals surface area contributed by atoms with E-state index in [0.717, 1.165) is 10.0 Å². The van der Waals surface area contributed by atoms with Gasteiger partial charge in [0.05, 0.1) is 4.90 Å². The van der Waals surface area contributed by atoms with Crippen LogP contribution in [-0.2, 0) is 10.0 Å². The third-order valence-corrected chi connectivity index (χ3v) is 5.86. The Balaban J connectivity index is 2.48. The van der Waals surface area contributed by atoms with Crippen molar-refractivity contribution in [2.75, 3.05) is 10.5 Å². The number of hydrogen-bond acceptors (Lipinski definition) is 3. The molecule has 0 aliphatic rings. The van der Waals surface area contributed by atoms with Crippen molar-refractivity contribution in [3.05, 3.63) is 51.5 Å². The molecule has 2 rings (SSSR count). The minimum Gasteiger partial charge on any atom is -0.398 e. The number of nitrogens with one attached hydrogen (secondary N) is 1. The predicted octanol–water partition coefficient (Wildman–Crippen LogP) is 3.76. The first-order chi connectivity index (χ1) is 9.72. The first-order valence-electron chi connectivity index (χ1n) is 6.37. The van der Waals surface area contributed by atoms with Gasteiger partial charge in [0, 0.05) is 15.8 Å². The molecule has 0 fully saturated rings. The Morgan fingerprint density at radius 3 is 2.29 bits per heavy atom. The second-order valence-corrected chi connectivity index (χ2v) is 7.47. The van der Waals surface area contributed by atoms with Crippen LogP contribution in [0.4, 0.5) is 11.4 Å². The summed E-state index contributed by atoms with van der Waals surface area (Å²) < 4.78 is 28.7. The molecule has 0 aromatic heterocycles. The smallest absolute Gasteiger partial charge is 0.262 e. The molecule has 0 heterocycles. The van der Waals surface area contributed by atoms with Crippen molar-refractivity contribution >= 4 is 37.3 Å². The van der Waals surface area contributed by atoms with Crippen LogP contribution in [0.5, 0.6) is 0 Å². The number of benzene rings is 2. The van der Waals surface area contributed by atoms with Crippen LogP contribution < -0.4 is 10.5 Å². The highest BCUT2D eigenvalue weighted by Gasteiger charge is 2.21. The molecule has 0 radical (unpaired) electrons. The molecule has 0 atom stereocenters. The molecule has 3 N–H and O–H groups in total. The topological polar surface area (TPSA) is 72.2 Å². The Bertz CT molecular complexity index is 802. The summed E-state index contributed by atoms with van der Waals surface area (Å²) in [4.78, 5) is 0.235. The van der Waals surface area contributed by atoms with Gasteiger partial charge >= 0.3 is 0 Å². The zero-order chi connectivity index (χ0) is 15.8. The molecule has 0 bridgehead atoms. The summed E-state index contributed by atoms with van der Waals surface area (Å²) in [5.41, 5.74) is 9.06. The summed E-state index contributed by atoms with van der Waals surface area (Å²) in [7, 11) is -3.68. The Labute approximate surface area is 133 Å². The lowest BCUT2D eigenvalue weighted by molar-refractivity contribution is 0.600. The first kappa shape index (κ1) is 15.9. The molecule has 21 heavy (non-hydrogen) atoms. The average Bonchev–Trinajstić information content (AvgIpc) is 2.38. The van der Waals surface area contributed by atoms with Crippen molar-refractivity contribution in [3.8, 4) is 0 Å². The highest BCUT2D eigenvalue weighted by Crippen LogP contribution is 2.28. The average molecular weight is 369 g/mol. The van der Waals surface area contributed by atoms with Crippen LogP contribution in [-0.4, -0.2) is 8.42 Å². The Hall–Kier alpha value is -1.53. The van der Waals surface area contributed by atoms with Gasteiger partial charge in [0.2, 0.25) is 0 Å². The van der Waals surface area contributed by atoms with E-state index in [1.165, 1.54) is 0 Å². The van der Waals surface area contributed by atoms with E-state index < -0.39 is 10.0 Å². The summed E-state index contributed by atoms with van der Waals surface area (Å²) in [6, 6.07) is 8.74. The van der Waals surface area contributed by atoms with E-state index in [2.05, 4.69) is 20.7 Å². The van der Waals surface area contributed by atoms with Crippen molar-refractivity contribution in [1.29, 1.82) is 0 Å². The minimum absolute atomic E-state index is 0.235. The normalized spacial score (nSPS) is 11.4. The number of nitrogen functional groups attached to an aromatic ring is 1. The van der Waals surface area contributed by atoms with Crippen LogP contribution in [0.1, 0.15) is 16.7 Å². The van der Waals surface area contributed by atoms with Crippen LogP contribution in [0.25, 0.3) is 0 Å². The van der Waals surface area contributed by atoms with Crippen LogP contribution in [0, 0.1) is 20.8 Å². The zero-order valence-electron chi connectivity index (χ0n) is 12.1. The largest absolute Gasteiger partial charge is 0.398 e. The number of anilines is 2. The number of aryl methyl sites for hydroxylation is 2. The van der Waals surface area contributed by atoms with E-state index in [1.807, 2.05) is 13.0 Å². The van der Waals surface area contributed by atoms with Crippen LogP contribution in [0.3, 0.4) is 0 Å². The fraction of sp³-hybridized carbons (Fsp3) is 0.200. The second-order valence-electron chi connectivity index (χ2n) is 5.00. The standard InChI is InChI=1S/C15H17BrN2O2S/c1-9-4-6-12(8-13(9)16)18-21(19,20)15-10(2)5-7-14(17)11(15)3/h4-8,18H,17H2,1-3H3. The SMILES string of the molecule is Cc1ccc(NS(=O)(=O)c2c(C)ccc(N)c2C)cc1Br. The van der Waals surface area contributed by atoms with Crippen LogP contribution in [0.15, 0.2) is 39.7 Å². The fourth-order valence-corrected chi connectivity index (χ4v) is 4.05. The summed E-state index contributed by atoms with van der Waals surface area (Å²) in [6.07, 6.45) is 0. The van der Waals surface area contributed by atoms with Crippen molar-refractivity contribution < 1.29 is 8.42 Å². The monoisotopic (exact) mass is 368 g/mol. The molecule has 0 unspecified atom stereocenters. The Kier molecular flexibility index (Phi) is 4.30. The van der Waals surface area contributed by atoms with Crippen LogP contribution in [0.2, 0.25) is 0 Å². The molecule has 0 aliphatic carbocycles. The van der Waals surface area contributed by atoms with E-state index >= 15 is 0 Å². The molecule has 2 aromatic carbocycles. The molecular weight excluding hydrogens is 352 g/mol. The molecule has 2 aromatic rings. The number of halogens is 1. The third kappa shape index (κ3) is 3.22. The molecule has 6 heteroatoms. The quantitative estimate of drug-likeness (QED) is 0.810. The van der Waals surface area contributed by atoms with Gasteiger partial charge in [0.15, 0.2) is 0 Å². The van der Waals surface area contributed by atoms with Gasteiger partial charge in [-0.1, -0.05) is 28.1 Å². The van der Waals surface area contributed by atoms with Crippen LogP contribution >= 0.6 is 15.9 Å². The Morgan fingerprint density at radius 1 is 1.05 bits per heavy atom. The van der Waals surface area contributed by atoms with Crippen molar-refractivity contribution in [2.45, 2.75) is 25.7 Å². The van der Waals surface area contributed by atoms with Crippen molar-refractivity contribution in [1.82, 2.24) is 0 Å². The number of sulfonamides is 1. The van der Waals surface area contributed by atoms with Gasteiger partial charge in [-0.25, -0.2) is 8.42 Å². The van der Waals surface area contributed by atoms with E-state index in [-0.39, 0.29) is 4.90 Å². The second kappa shape index (κ2) is 5.69. The van der Waals surface area contributed by atoms with Gasteiger partial charge in [-0.05, 0) is 55.7 Å². The summed E-state index contributed by atoms with van der Waals surface area (Å²) in [5, 5.41) is 0. The molecule has 0 spiro atoms.